The van der Waals surface area contributed by atoms with Gasteiger partial charge in [0.15, 0.2) is 0 Å². The number of carbonyl (C=O) groups excluding carboxylic acids is 1. The summed E-state index contributed by atoms with van der Waals surface area (Å²) < 4.78 is 4.72. The van der Waals surface area contributed by atoms with Crippen molar-refractivity contribution in [3.8, 4) is 0 Å². The molecule has 0 spiro atoms. The fourth-order valence-electron chi connectivity index (χ4n) is 1.18. The molecule has 2 N–H and O–H groups in total. The molecule has 1 rings (SSSR count). The van der Waals surface area contributed by atoms with Crippen molar-refractivity contribution in [2.75, 3.05) is 13.8 Å². The quantitative estimate of drug-likeness (QED) is 0.735. The van der Waals surface area contributed by atoms with Crippen LogP contribution in [0.5, 0.6) is 0 Å². The van der Waals surface area contributed by atoms with Crippen molar-refractivity contribution in [2.24, 2.45) is 0 Å². The molecule has 0 saturated carbocycles. The lowest BCUT2D eigenvalue weighted by atomic mass is 10.1. The second-order valence-electron chi connectivity index (χ2n) is 3.22. The first-order chi connectivity index (χ1) is 7.24. The Morgan fingerprint density at radius 3 is 2.73 bits per heavy atom. The number of hydrogen-bond acceptors (Lipinski definition) is 2. The fraction of sp³-hybridized carbons (Fsp3) is 0.364. The van der Waals surface area contributed by atoms with Crippen LogP contribution in [0.1, 0.15) is 11.1 Å². The van der Waals surface area contributed by atoms with Crippen LogP contribution in [0.4, 0.5) is 4.79 Å². The van der Waals surface area contributed by atoms with Gasteiger partial charge in [-0.05, 0) is 18.1 Å². The van der Waals surface area contributed by atoms with E-state index in [9.17, 15) is 4.79 Å². The number of amides is 2. The molecule has 0 aliphatic carbocycles. The number of carbonyl (C=O) groups is 1. The van der Waals surface area contributed by atoms with Crippen LogP contribution in [0.15, 0.2) is 24.3 Å². The van der Waals surface area contributed by atoms with E-state index in [2.05, 4.69) is 10.6 Å². The summed E-state index contributed by atoms with van der Waals surface area (Å²) in [6.45, 7) is 2.77. The van der Waals surface area contributed by atoms with Gasteiger partial charge in [-0.1, -0.05) is 24.3 Å². The first-order valence-corrected chi connectivity index (χ1v) is 4.79. The maximum Gasteiger partial charge on any atom is 0.316 e. The van der Waals surface area contributed by atoms with Gasteiger partial charge < -0.3 is 15.4 Å². The average molecular weight is 208 g/mol. The Morgan fingerprint density at radius 2 is 2.07 bits per heavy atom. The van der Waals surface area contributed by atoms with Gasteiger partial charge in [-0.2, -0.15) is 0 Å². The minimum Gasteiger partial charge on any atom is -0.364 e. The van der Waals surface area contributed by atoms with E-state index in [-0.39, 0.29) is 12.8 Å². The van der Waals surface area contributed by atoms with Crippen LogP contribution in [0.25, 0.3) is 0 Å². The highest BCUT2D eigenvalue weighted by Crippen LogP contribution is 2.05. The molecule has 15 heavy (non-hydrogen) atoms. The summed E-state index contributed by atoms with van der Waals surface area (Å²) in [5.74, 6) is 0. The Morgan fingerprint density at radius 1 is 1.33 bits per heavy atom. The van der Waals surface area contributed by atoms with E-state index < -0.39 is 0 Å². The number of urea groups is 1. The highest BCUT2D eigenvalue weighted by Gasteiger charge is 2.00. The van der Waals surface area contributed by atoms with Crippen molar-refractivity contribution in [1.82, 2.24) is 10.6 Å². The first kappa shape index (κ1) is 11.5. The van der Waals surface area contributed by atoms with Crippen LogP contribution in [-0.4, -0.2) is 19.9 Å². The summed E-state index contributed by atoms with van der Waals surface area (Å²) in [4.78, 5) is 11.2. The number of ether oxygens (including phenoxy) is 1. The number of rotatable bonds is 4. The van der Waals surface area contributed by atoms with Crippen molar-refractivity contribution < 1.29 is 9.53 Å². The molecule has 0 aromatic heterocycles. The summed E-state index contributed by atoms with van der Waals surface area (Å²) in [6.07, 6.45) is 0. The fourth-order valence-corrected chi connectivity index (χ4v) is 1.18. The largest absolute Gasteiger partial charge is 0.364 e. The minimum atomic E-state index is -0.222. The molecule has 1 aromatic rings. The molecule has 0 radical (unpaired) electrons. The summed E-state index contributed by atoms with van der Waals surface area (Å²) >= 11 is 0. The first-order valence-electron chi connectivity index (χ1n) is 4.79. The van der Waals surface area contributed by atoms with Crippen LogP contribution < -0.4 is 10.6 Å². The van der Waals surface area contributed by atoms with Crippen molar-refractivity contribution in [1.29, 1.82) is 0 Å². The molecule has 2 amide bonds. The summed E-state index contributed by atoms with van der Waals surface area (Å²) in [6, 6.07) is 7.72. The van der Waals surface area contributed by atoms with E-state index >= 15 is 0 Å². The summed E-state index contributed by atoms with van der Waals surface area (Å²) in [5.41, 5.74) is 2.29. The van der Waals surface area contributed by atoms with Crippen molar-refractivity contribution in [2.45, 2.75) is 13.5 Å². The molecule has 0 fully saturated rings. The molecule has 4 nitrogen and oxygen atoms in total. The van der Waals surface area contributed by atoms with Crippen molar-refractivity contribution in [3.63, 3.8) is 0 Å². The zero-order valence-corrected chi connectivity index (χ0v) is 9.04. The molecule has 0 atom stereocenters. The number of methoxy groups -OCH3 is 1. The molecule has 4 heteroatoms. The van der Waals surface area contributed by atoms with Crippen LogP contribution in [0.2, 0.25) is 0 Å². The van der Waals surface area contributed by atoms with Gasteiger partial charge in [0.25, 0.3) is 0 Å². The van der Waals surface area contributed by atoms with Crippen LogP contribution in [-0.2, 0) is 11.3 Å². The second-order valence-corrected chi connectivity index (χ2v) is 3.22. The van der Waals surface area contributed by atoms with E-state index in [0.29, 0.717) is 6.54 Å². The Kier molecular flexibility index (Phi) is 4.63. The van der Waals surface area contributed by atoms with Gasteiger partial charge in [0.05, 0.1) is 0 Å². The van der Waals surface area contributed by atoms with Gasteiger partial charge in [-0.15, -0.1) is 0 Å². The number of benzene rings is 1. The predicted molar refractivity (Wildman–Crippen MR) is 58.4 cm³/mol. The lowest BCUT2D eigenvalue weighted by Gasteiger charge is -2.08. The smallest absolute Gasteiger partial charge is 0.316 e. The Labute approximate surface area is 89.6 Å². The zero-order valence-electron chi connectivity index (χ0n) is 9.04. The van der Waals surface area contributed by atoms with Crippen LogP contribution in [0, 0.1) is 6.92 Å². The Hall–Kier alpha value is -1.55. The van der Waals surface area contributed by atoms with Gasteiger partial charge in [0, 0.05) is 13.7 Å². The third-order valence-electron chi connectivity index (χ3n) is 2.08. The van der Waals surface area contributed by atoms with Crippen molar-refractivity contribution in [3.05, 3.63) is 35.4 Å². The molecule has 0 bridgehead atoms. The lowest BCUT2D eigenvalue weighted by Crippen LogP contribution is -2.36. The molecular weight excluding hydrogens is 192 g/mol. The van der Waals surface area contributed by atoms with Gasteiger partial charge in [0.1, 0.15) is 6.73 Å². The molecule has 82 valence electrons. The van der Waals surface area contributed by atoms with Crippen LogP contribution in [0.3, 0.4) is 0 Å². The normalized spacial score (nSPS) is 9.73. The molecular formula is C11H16N2O2. The molecule has 0 aliphatic heterocycles. The van der Waals surface area contributed by atoms with Gasteiger partial charge in [0.2, 0.25) is 0 Å². The third kappa shape index (κ3) is 3.99. The van der Waals surface area contributed by atoms with E-state index in [4.69, 9.17) is 4.74 Å². The van der Waals surface area contributed by atoms with E-state index in [1.807, 2.05) is 31.2 Å². The van der Waals surface area contributed by atoms with Gasteiger partial charge >= 0.3 is 6.03 Å². The van der Waals surface area contributed by atoms with Crippen LogP contribution >= 0.6 is 0 Å². The minimum absolute atomic E-state index is 0.222. The number of hydrogen-bond donors (Lipinski definition) is 2. The molecule has 0 heterocycles. The Balaban J connectivity index is 2.37. The molecule has 0 aliphatic rings. The van der Waals surface area contributed by atoms with E-state index in [0.717, 1.165) is 5.56 Å². The average Bonchev–Trinajstić information content (AvgIpc) is 2.25. The molecule has 0 unspecified atom stereocenters. The van der Waals surface area contributed by atoms with Gasteiger partial charge in [-0.3, -0.25) is 0 Å². The number of nitrogens with one attached hydrogen (secondary N) is 2. The van der Waals surface area contributed by atoms with E-state index in [1.165, 1.54) is 12.7 Å². The molecule has 0 saturated heterocycles. The second kappa shape index (κ2) is 6.03. The highest BCUT2D eigenvalue weighted by atomic mass is 16.5. The highest BCUT2D eigenvalue weighted by molar-refractivity contribution is 5.73. The van der Waals surface area contributed by atoms with Gasteiger partial charge in [-0.25, -0.2) is 4.79 Å². The lowest BCUT2D eigenvalue weighted by molar-refractivity contribution is 0.172. The van der Waals surface area contributed by atoms with E-state index in [1.54, 1.807) is 0 Å². The number of aryl methyl sites for hydroxylation is 1. The topological polar surface area (TPSA) is 50.4 Å². The van der Waals surface area contributed by atoms with Crippen molar-refractivity contribution >= 4 is 6.03 Å². The maximum absolute atomic E-state index is 11.2. The summed E-state index contributed by atoms with van der Waals surface area (Å²) in [7, 11) is 1.53. The predicted octanol–water partition coefficient (Wildman–Crippen LogP) is 1.40. The Bertz CT molecular complexity index is 326. The monoisotopic (exact) mass is 208 g/mol. The standard InChI is InChI=1S/C11H16N2O2/c1-9-5-3-4-6-10(9)7-12-11(14)13-8-15-2/h3-6H,7-8H2,1-2H3,(H2,12,13,14). The molecule has 1 aromatic carbocycles. The zero-order chi connectivity index (χ0) is 11.1. The third-order valence-corrected chi connectivity index (χ3v) is 2.08. The SMILES string of the molecule is COCNC(=O)NCc1ccccc1C. The summed E-state index contributed by atoms with van der Waals surface area (Å²) in [5, 5.41) is 5.29. The maximum atomic E-state index is 11.2.